The third-order valence-electron chi connectivity index (χ3n) is 2.10. The van der Waals surface area contributed by atoms with Gasteiger partial charge >= 0.3 is 0 Å². The Kier molecular flexibility index (Phi) is 2.25. The highest BCUT2D eigenvalue weighted by Gasteiger charge is 2.09. The molecule has 0 bridgehead atoms. The van der Waals surface area contributed by atoms with E-state index in [0.29, 0.717) is 0 Å². The van der Waals surface area contributed by atoms with Crippen LogP contribution in [0.15, 0.2) is 41.0 Å². The monoisotopic (exact) mass is 327 g/mol. The lowest BCUT2D eigenvalue weighted by molar-refractivity contribution is 0.582. The minimum Gasteiger partial charge on any atom is -0.462 e. The van der Waals surface area contributed by atoms with Gasteiger partial charge in [-0.05, 0) is 46.9 Å². The predicted octanol–water partition coefficient (Wildman–Crippen LogP) is 4.16. The molecule has 1 aromatic carbocycles. The topological polar surface area (TPSA) is 26.0 Å². The van der Waals surface area contributed by atoms with Crippen molar-refractivity contribution in [2.24, 2.45) is 0 Å². The van der Waals surface area contributed by atoms with Gasteiger partial charge in [-0.1, -0.05) is 6.07 Å². The van der Waals surface area contributed by atoms with Crippen molar-refractivity contribution in [3.05, 3.63) is 40.2 Å². The molecule has 0 aliphatic carbocycles. The van der Waals surface area contributed by atoms with E-state index in [2.05, 4.69) is 39.7 Å². The molecule has 0 N–H and O–H groups in total. The van der Waals surface area contributed by atoms with Crippen molar-refractivity contribution in [1.29, 1.82) is 0 Å². The van der Waals surface area contributed by atoms with Crippen LogP contribution in [-0.2, 0) is 0 Å². The lowest BCUT2D eigenvalue weighted by atomic mass is 10.3. The van der Waals surface area contributed by atoms with E-state index in [9.17, 15) is 0 Å². The standard InChI is InChI=1S/C11H6INOS/c12-7-3-1-5-9-10(7)13-11(15-9)8-4-2-6-14-8/h1-6H. The highest BCUT2D eigenvalue weighted by atomic mass is 127. The van der Waals surface area contributed by atoms with Crippen molar-refractivity contribution in [2.75, 3.05) is 0 Å². The molecule has 3 aromatic rings. The largest absolute Gasteiger partial charge is 0.462 e. The number of hydrogen-bond acceptors (Lipinski definition) is 3. The second-order valence-corrected chi connectivity index (χ2v) is 5.28. The number of rotatable bonds is 1. The first kappa shape index (κ1) is 9.35. The van der Waals surface area contributed by atoms with Crippen LogP contribution < -0.4 is 0 Å². The zero-order valence-electron chi connectivity index (χ0n) is 7.61. The van der Waals surface area contributed by atoms with Crippen LogP contribution >= 0.6 is 33.9 Å². The number of furan rings is 1. The van der Waals surface area contributed by atoms with Crippen molar-refractivity contribution in [1.82, 2.24) is 4.98 Å². The summed E-state index contributed by atoms with van der Waals surface area (Å²) in [7, 11) is 0. The van der Waals surface area contributed by atoms with Gasteiger partial charge in [0, 0.05) is 3.57 Å². The van der Waals surface area contributed by atoms with Gasteiger partial charge in [-0.25, -0.2) is 4.98 Å². The minimum atomic E-state index is 0.840. The van der Waals surface area contributed by atoms with Crippen LogP contribution in [0.25, 0.3) is 21.0 Å². The Labute approximate surface area is 104 Å². The molecule has 0 aliphatic heterocycles. The molecule has 0 fully saturated rings. The van der Waals surface area contributed by atoms with Gasteiger partial charge in [-0.3, -0.25) is 0 Å². The van der Waals surface area contributed by atoms with E-state index < -0.39 is 0 Å². The Morgan fingerprint density at radius 3 is 2.87 bits per heavy atom. The molecule has 0 spiro atoms. The molecule has 0 radical (unpaired) electrons. The summed E-state index contributed by atoms with van der Waals surface area (Å²) in [6.07, 6.45) is 1.67. The SMILES string of the molecule is Ic1cccc2sc(-c3ccco3)nc12. The Morgan fingerprint density at radius 1 is 1.20 bits per heavy atom. The minimum absolute atomic E-state index is 0.840. The molecule has 0 unspecified atom stereocenters. The van der Waals surface area contributed by atoms with Gasteiger partial charge in [0.2, 0.25) is 0 Å². The van der Waals surface area contributed by atoms with Crippen LogP contribution in [-0.4, -0.2) is 4.98 Å². The Balaban J connectivity index is 2.27. The van der Waals surface area contributed by atoms with Gasteiger partial charge in [0.05, 0.1) is 16.5 Å². The summed E-state index contributed by atoms with van der Waals surface area (Å²) in [6.45, 7) is 0. The highest BCUT2D eigenvalue weighted by Crippen LogP contribution is 2.32. The fourth-order valence-electron chi connectivity index (χ4n) is 1.42. The fourth-order valence-corrected chi connectivity index (χ4v) is 3.18. The first-order valence-electron chi connectivity index (χ1n) is 4.43. The summed E-state index contributed by atoms with van der Waals surface area (Å²) in [4.78, 5) is 4.57. The van der Waals surface area contributed by atoms with Crippen molar-refractivity contribution in [3.8, 4) is 10.8 Å². The molecule has 0 atom stereocenters. The molecule has 2 aromatic heterocycles. The number of para-hydroxylation sites is 1. The zero-order chi connectivity index (χ0) is 10.3. The van der Waals surface area contributed by atoms with Crippen molar-refractivity contribution >= 4 is 44.1 Å². The van der Waals surface area contributed by atoms with Crippen molar-refractivity contribution in [2.45, 2.75) is 0 Å². The fraction of sp³-hybridized carbons (Fsp3) is 0. The lowest BCUT2D eigenvalue weighted by Gasteiger charge is -1.88. The van der Waals surface area contributed by atoms with Gasteiger partial charge in [0.15, 0.2) is 10.8 Å². The third-order valence-corrected chi connectivity index (χ3v) is 4.01. The molecule has 15 heavy (non-hydrogen) atoms. The zero-order valence-corrected chi connectivity index (χ0v) is 10.6. The molecule has 0 aliphatic rings. The molecule has 2 heterocycles. The summed E-state index contributed by atoms with van der Waals surface area (Å²) in [5, 5.41) is 0.944. The average molecular weight is 327 g/mol. The van der Waals surface area contributed by atoms with Crippen LogP contribution in [0.3, 0.4) is 0 Å². The van der Waals surface area contributed by atoms with Crippen molar-refractivity contribution in [3.63, 3.8) is 0 Å². The van der Waals surface area contributed by atoms with E-state index >= 15 is 0 Å². The quantitative estimate of drug-likeness (QED) is 0.627. The van der Waals surface area contributed by atoms with Gasteiger partial charge in [-0.2, -0.15) is 0 Å². The Bertz CT molecular complexity index is 600. The van der Waals surface area contributed by atoms with E-state index in [-0.39, 0.29) is 0 Å². The number of thiazole rings is 1. The van der Waals surface area contributed by atoms with E-state index in [1.54, 1.807) is 17.6 Å². The van der Waals surface area contributed by atoms with E-state index in [1.807, 2.05) is 18.2 Å². The summed E-state index contributed by atoms with van der Waals surface area (Å²) >= 11 is 3.96. The Hall–Kier alpha value is -0.880. The average Bonchev–Trinajstić information content (AvgIpc) is 2.86. The van der Waals surface area contributed by atoms with Gasteiger partial charge in [0.25, 0.3) is 0 Å². The first-order valence-corrected chi connectivity index (χ1v) is 6.33. The molecule has 3 rings (SSSR count). The maximum Gasteiger partial charge on any atom is 0.162 e. The van der Waals surface area contributed by atoms with E-state index in [4.69, 9.17) is 4.42 Å². The maximum atomic E-state index is 5.33. The number of halogens is 1. The molecule has 4 heteroatoms. The number of hydrogen-bond donors (Lipinski definition) is 0. The summed E-state index contributed by atoms with van der Waals surface area (Å²) < 4.78 is 7.72. The molecule has 0 saturated heterocycles. The normalized spacial score (nSPS) is 11.0. The maximum absolute atomic E-state index is 5.33. The van der Waals surface area contributed by atoms with Crippen LogP contribution in [0.5, 0.6) is 0 Å². The third kappa shape index (κ3) is 1.57. The van der Waals surface area contributed by atoms with E-state index in [1.165, 1.54) is 8.27 Å². The van der Waals surface area contributed by atoms with Crippen LogP contribution in [0.2, 0.25) is 0 Å². The van der Waals surface area contributed by atoms with Crippen LogP contribution in [0.4, 0.5) is 0 Å². The second kappa shape index (κ2) is 3.61. The van der Waals surface area contributed by atoms with Gasteiger partial charge in [0.1, 0.15) is 0 Å². The predicted molar refractivity (Wildman–Crippen MR) is 70.0 cm³/mol. The second-order valence-electron chi connectivity index (χ2n) is 3.08. The first-order chi connectivity index (χ1) is 7.34. The Morgan fingerprint density at radius 2 is 2.13 bits per heavy atom. The number of benzene rings is 1. The van der Waals surface area contributed by atoms with Crippen molar-refractivity contribution < 1.29 is 4.42 Å². The molecule has 0 saturated carbocycles. The van der Waals surface area contributed by atoms with Crippen LogP contribution in [0.1, 0.15) is 0 Å². The van der Waals surface area contributed by atoms with Gasteiger partial charge < -0.3 is 4.42 Å². The smallest absolute Gasteiger partial charge is 0.162 e. The number of nitrogens with zero attached hydrogens (tertiary/aromatic N) is 1. The summed E-state index contributed by atoms with van der Waals surface area (Å²) in [5.41, 5.74) is 1.06. The number of fused-ring (bicyclic) bond motifs is 1. The molecular formula is C11H6INOS. The van der Waals surface area contributed by atoms with Crippen LogP contribution in [0, 0.1) is 3.57 Å². The highest BCUT2D eigenvalue weighted by molar-refractivity contribution is 14.1. The van der Waals surface area contributed by atoms with Gasteiger partial charge in [-0.15, -0.1) is 11.3 Å². The number of aromatic nitrogens is 1. The molecule has 0 amide bonds. The molecule has 2 nitrogen and oxygen atoms in total. The lowest BCUT2D eigenvalue weighted by Crippen LogP contribution is -1.74. The molecular weight excluding hydrogens is 321 g/mol. The molecule has 74 valence electrons. The summed E-state index contributed by atoms with van der Waals surface area (Å²) in [6, 6.07) is 10.0. The summed E-state index contributed by atoms with van der Waals surface area (Å²) in [5.74, 6) is 0.840. The van der Waals surface area contributed by atoms with E-state index in [0.717, 1.165) is 16.3 Å².